The van der Waals surface area contributed by atoms with Crippen LogP contribution in [0.4, 0.5) is 13.2 Å². The van der Waals surface area contributed by atoms with E-state index < -0.39 is 18.6 Å². The van der Waals surface area contributed by atoms with Crippen LogP contribution in [0.15, 0.2) is 40.8 Å². The van der Waals surface area contributed by atoms with E-state index >= 15 is 0 Å². The first-order valence-corrected chi connectivity index (χ1v) is 9.13. The number of alkyl halides is 3. The van der Waals surface area contributed by atoms with Crippen LogP contribution in [0.3, 0.4) is 0 Å². The molecule has 2 heterocycles. The van der Waals surface area contributed by atoms with Crippen LogP contribution < -0.4 is 5.32 Å². The van der Waals surface area contributed by atoms with Crippen molar-refractivity contribution in [2.75, 3.05) is 26.7 Å². The molecule has 2 aromatic heterocycles. The minimum Gasteiger partial charge on any atom is -0.448 e. The third-order valence-corrected chi connectivity index (χ3v) is 4.84. The summed E-state index contributed by atoms with van der Waals surface area (Å²) in [6, 6.07) is 10.9. The average molecular weight is 397 g/mol. The van der Waals surface area contributed by atoms with E-state index in [-0.39, 0.29) is 18.8 Å². The topological polar surface area (TPSA) is 58.4 Å². The van der Waals surface area contributed by atoms with Crippen molar-refractivity contribution < 1.29 is 22.4 Å². The van der Waals surface area contributed by atoms with Gasteiger partial charge in [0.25, 0.3) is 5.91 Å². The minimum atomic E-state index is -4.22. The Morgan fingerprint density at radius 1 is 1.26 bits per heavy atom. The Morgan fingerprint density at radius 3 is 2.78 bits per heavy atom. The number of amides is 1. The predicted octanol–water partition coefficient (Wildman–Crippen LogP) is 4.17. The lowest BCUT2D eigenvalue weighted by molar-refractivity contribution is -0.143. The molecule has 0 atom stereocenters. The molecule has 0 saturated heterocycles. The molecule has 0 aliphatic heterocycles. The molecule has 0 radical (unpaired) electrons. The maximum Gasteiger partial charge on any atom is 0.401 e. The Kier molecular flexibility index (Phi) is 5.81. The van der Waals surface area contributed by atoms with Crippen molar-refractivity contribution in [1.29, 1.82) is 0 Å². The number of rotatable bonds is 7. The van der Waals surface area contributed by atoms with E-state index in [1.165, 1.54) is 23.3 Å². The fraction of sp³-hybridized carbons (Fsp3) is 0.333. The van der Waals surface area contributed by atoms with Gasteiger partial charge in [0.2, 0.25) is 0 Å². The molecule has 0 unspecified atom stereocenters. The van der Waals surface area contributed by atoms with Crippen molar-refractivity contribution >= 4 is 27.5 Å². The smallest absolute Gasteiger partial charge is 0.401 e. The summed E-state index contributed by atoms with van der Waals surface area (Å²) in [6.45, 7) is -0.474. The SMILES string of the molecule is CN(CCCNC(=O)c1ccc(-c2nc3ccccc3s2)o1)CC(F)(F)F. The number of fused-ring (bicyclic) bond motifs is 1. The highest BCUT2D eigenvalue weighted by atomic mass is 32.1. The highest BCUT2D eigenvalue weighted by Crippen LogP contribution is 2.31. The Labute approximate surface area is 157 Å². The second kappa shape index (κ2) is 8.10. The fourth-order valence-electron chi connectivity index (χ4n) is 2.58. The number of furan rings is 1. The molecule has 1 amide bonds. The van der Waals surface area contributed by atoms with E-state index in [0.29, 0.717) is 17.2 Å². The van der Waals surface area contributed by atoms with Crippen LogP contribution in [-0.4, -0.2) is 48.6 Å². The van der Waals surface area contributed by atoms with Crippen molar-refractivity contribution in [3.63, 3.8) is 0 Å². The molecule has 27 heavy (non-hydrogen) atoms. The summed E-state index contributed by atoms with van der Waals surface area (Å²) in [5.41, 5.74) is 0.864. The largest absolute Gasteiger partial charge is 0.448 e. The van der Waals surface area contributed by atoms with Gasteiger partial charge in [-0.2, -0.15) is 13.2 Å². The van der Waals surface area contributed by atoms with Crippen molar-refractivity contribution in [1.82, 2.24) is 15.2 Å². The predicted molar refractivity (Wildman–Crippen MR) is 97.8 cm³/mol. The molecule has 0 aliphatic carbocycles. The van der Waals surface area contributed by atoms with Gasteiger partial charge in [-0.25, -0.2) is 4.98 Å². The van der Waals surface area contributed by atoms with E-state index in [4.69, 9.17) is 4.42 Å². The van der Waals surface area contributed by atoms with E-state index in [1.54, 1.807) is 12.1 Å². The zero-order valence-electron chi connectivity index (χ0n) is 14.5. The normalized spacial score (nSPS) is 12.0. The Balaban J connectivity index is 1.51. The van der Waals surface area contributed by atoms with Gasteiger partial charge >= 0.3 is 6.18 Å². The van der Waals surface area contributed by atoms with Crippen LogP contribution in [0, 0.1) is 0 Å². The van der Waals surface area contributed by atoms with Gasteiger partial charge in [0.1, 0.15) is 0 Å². The van der Waals surface area contributed by atoms with E-state index in [2.05, 4.69) is 10.3 Å². The first-order valence-electron chi connectivity index (χ1n) is 8.31. The minimum absolute atomic E-state index is 0.146. The van der Waals surface area contributed by atoms with Gasteiger partial charge in [-0.1, -0.05) is 12.1 Å². The highest BCUT2D eigenvalue weighted by Gasteiger charge is 2.28. The van der Waals surface area contributed by atoms with Crippen LogP contribution in [0.5, 0.6) is 0 Å². The number of carbonyl (C=O) groups excluding carboxylic acids is 1. The Hall–Kier alpha value is -2.39. The second-order valence-electron chi connectivity index (χ2n) is 6.11. The first-order chi connectivity index (χ1) is 12.8. The first kappa shape index (κ1) is 19.4. The quantitative estimate of drug-likeness (QED) is 0.608. The van der Waals surface area contributed by atoms with E-state index in [9.17, 15) is 18.0 Å². The summed E-state index contributed by atoms with van der Waals surface area (Å²) in [4.78, 5) is 17.8. The third kappa shape index (κ3) is 5.30. The average Bonchev–Trinajstić information content (AvgIpc) is 3.23. The molecule has 1 N–H and O–H groups in total. The number of benzene rings is 1. The molecule has 5 nitrogen and oxygen atoms in total. The lowest BCUT2D eigenvalue weighted by Crippen LogP contribution is -2.33. The molecule has 144 valence electrons. The lowest BCUT2D eigenvalue weighted by atomic mass is 10.3. The molecular weight excluding hydrogens is 379 g/mol. The van der Waals surface area contributed by atoms with Gasteiger partial charge in [-0.15, -0.1) is 11.3 Å². The van der Waals surface area contributed by atoms with Gasteiger partial charge in [-0.3, -0.25) is 9.69 Å². The highest BCUT2D eigenvalue weighted by molar-refractivity contribution is 7.21. The van der Waals surface area contributed by atoms with Gasteiger partial charge in [-0.05, 0) is 44.3 Å². The summed E-state index contributed by atoms with van der Waals surface area (Å²) in [7, 11) is 1.39. The van der Waals surface area contributed by atoms with Crippen molar-refractivity contribution in [3.8, 4) is 10.8 Å². The number of nitrogens with zero attached hydrogens (tertiary/aromatic N) is 2. The molecule has 0 saturated carbocycles. The van der Waals surface area contributed by atoms with Gasteiger partial charge in [0.15, 0.2) is 16.5 Å². The number of nitrogens with one attached hydrogen (secondary N) is 1. The zero-order chi connectivity index (χ0) is 19.4. The van der Waals surface area contributed by atoms with Crippen LogP contribution in [0.2, 0.25) is 0 Å². The van der Waals surface area contributed by atoms with Gasteiger partial charge < -0.3 is 9.73 Å². The fourth-order valence-corrected chi connectivity index (χ4v) is 3.50. The van der Waals surface area contributed by atoms with Crippen molar-refractivity contribution in [2.24, 2.45) is 0 Å². The summed E-state index contributed by atoms with van der Waals surface area (Å²) in [5, 5.41) is 3.34. The van der Waals surface area contributed by atoms with Crippen LogP contribution in [-0.2, 0) is 0 Å². The summed E-state index contributed by atoms with van der Waals surface area (Å²) < 4.78 is 43.3. The van der Waals surface area contributed by atoms with Crippen molar-refractivity contribution in [2.45, 2.75) is 12.6 Å². The molecule has 1 aromatic carbocycles. The number of para-hydroxylation sites is 1. The maximum atomic E-state index is 12.2. The lowest BCUT2D eigenvalue weighted by Gasteiger charge is -2.18. The summed E-state index contributed by atoms with van der Waals surface area (Å²) >= 11 is 1.47. The summed E-state index contributed by atoms with van der Waals surface area (Å²) in [6.07, 6.45) is -3.81. The molecule has 9 heteroatoms. The van der Waals surface area contributed by atoms with Gasteiger partial charge in [0, 0.05) is 6.54 Å². The molecular formula is C18H18F3N3O2S. The molecule has 0 fully saturated rings. The van der Waals surface area contributed by atoms with Crippen LogP contribution in [0.25, 0.3) is 21.0 Å². The van der Waals surface area contributed by atoms with E-state index in [0.717, 1.165) is 10.2 Å². The van der Waals surface area contributed by atoms with Crippen LogP contribution in [0.1, 0.15) is 17.0 Å². The number of thiazole rings is 1. The third-order valence-electron chi connectivity index (χ3n) is 3.79. The summed E-state index contributed by atoms with van der Waals surface area (Å²) in [5.74, 6) is 0.250. The number of aromatic nitrogens is 1. The van der Waals surface area contributed by atoms with Gasteiger partial charge in [0.05, 0.1) is 16.8 Å². The molecule has 0 spiro atoms. The number of hydrogen-bond donors (Lipinski definition) is 1. The molecule has 3 rings (SSSR count). The molecule has 3 aromatic rings. The van der Waals surface area contributed by atoms with Crippen LogP contribution >= 0.6 is 11.3 Å². The monoisotopic (exact) mass is 397 g/mol. The standard InChI is InChI=1S/C18H18F3N3O2S/c1-24(11-18(19,20)21)10-4-9-22-16(25)13-7-8-14(26-13)17-23-12-5-2-3-6-15(12)27-17/h2-3,5-8H,4,9-11H2,1H3,(H,22,25). The maximum absolute atomic E-state index is 12.2. The number of carbonyl (C=O) groups is 1. The molecule has 0 bridgehead atoms. The second-order valence-corrected chi connectivity index (χ2v) is 7.14. The van der Waals surface area contributed by atoms with E-state index in [1.807, 2.05) is 24.3 Å². The van der Waals surface area contributed by atoms with Crippen molar-refractivity contribution in [3.05, 3.63) is 42.2 Å². The Bertz CT molecular complexity index is 887. The number of halogens is 3. The Morgan fingerprint density at radius 2 is 2.04 bits per heavy atom. The zero-order valence-corrected chi connectivity index (χ0v) is 15.4. The molecule has 0 aliphatic rings. The number of hydrogen-bond acceptors (Lipinski definition) is 5.